The maximum atomic E-state index is 12.6. The van der Waals surface area contributed by atoms with Crippen molar-refractivity contribution in [3.05, 3.63) is 43.7 Å². The monoisotopic (exact) mass is 419 g/mol. The Hall–Kier alpha value is -0.760. The number of aromatic nitrogens is 2. The number of hydrogen-bond donors (Lipinski definition) is 1. The highest BCUT2D eigenvalue weighted by Crippen LogP contribution is 2.37. The molecule has 0 spiro atoms. The fourth-order valence-corrected chi connectivity index (χ4v) is 2.37. The highest BCUT2D eigenvalue weighted by atomic mass is 79.9. The molecule has 1 aromatic heterocycles. The van der Waals surface area contributed by atoms with Gasteiger partial charge in [0.05, 0.1) is 15.7 Å². The van der Waals surface area contributed by atoms with Crippen LogP contribution in [0.2, 0.25) is 15.2 Å². The van der Waals surface area contributed by atoms with Crippen molar-refractivity contribution in [2.45, 2.75) is 6.18 Å². The molecule has 0 atom stereocenters. The molecule has 0 radical (unpaired) electrons. The molecule has 1 N–H and O–H groups in total. The average Bonchev–Trinajstić information content (AvgIpc) is 2.38. The zero-order valence-corrected chi connectivity index (χ0v) is 13.6. The van der Waals surface area contributed by atoms with Crippen LogP contribution in [-0.2, 0) is 6.18 Å². The largest absolute Gasteiger partial charge is 0.451 e. The molecular formula is C11H4BrCl3F3N3. The van der Waals surface area contributed by atoms with Gasteiger partial charge in [0.15, 0.2) is 0 Å². The second-order valence-electron chi connectivity index (χ2n) is 3.75. The van der Waals surface area contributed by atoms with E-state index in [1.54, 1.807) is 6.07 Å². The summed E-state index contributed by atoms with van der Waals surface area (Å²) in [5.74, 6) is -1.50. The molecule has 0 unspecified atom stereocenters. The molecule has 0 amide bonds. The second-order valence-corrected chi connectivity index (χ2v) is 5.74. The van der Waals surface area contributed by atoms with Gasteiger partial charge in [-0.05, 0) is 28.1 Å². The van der Waals surface area contributed by atoms with Crippen LogP contribution in [-0.4, -0.2) is 9.97 Å². The molecule has 3 nitrogen and oxygen atoms in total. The lowest BCUT2D eigenvalue weighted by atomic mass is 10.3. The van der Waals surface area contributed by atoms with E-state index in [0.717, 1.165) is 6.07 Å². The Labute approximate surface area is 140 Å². The number of hydrogen-bond acceptors (Lipinski definition) is 3. The zero-order chi connectivity index (χ0) is 15.8. The fourth-order valence-electron chi connectivity index (χ4n) is 1.37. The zero-order valence-electron chi connectivity index (χ0n) is 9.77. The molecule has 0 aliphatic heterocycles. The molecule has 112 valence electrons. The van der Waals surface area contributed by atoms with E-state index in [4.69, 9.17) is 34.8 Å². The van der Waals surface area contributed by atoms with Crippen molar-refractivity contribution in [3.8, 4) is 0 Å². The van der Waals surface area contributed by atoms with Gasteiger partial charge < -0.3 is 5.32 Å². The maximum absolute atomic E-state index is 12.6. The van der Waals surface area contributed by atoms with Crippen LogP contribution in [0.5, 0.6) is 0 Å². The molecule has 21 heavy (non-hydrogen) atoms. The van der Waals surface area contributed by atoms with Gasteiger partial charge in [-0.15, -0.1) is 0 Å². The van der Waals surface area contributed by atoms with Crippen molar-refractivity contribution in [1.82, 2.24) is 9.97 Å². The Balaban J connectivity index is 2.41. The molecule has 0 aliphatic carbocycles. The Morgan fingerprint density at radius 3 is 2.33 bits per heavy atom. The summed E-state index contributed by atoms with van der Waals surface area (Å²) in [5, 5.41) is 2.63. The standard InChI is InChI=1S/C11H4BrCl3F3N3/c12-4-1-2-5(9(15)8(4)14)19-7-3-6(13)20-10(21-7)11(16,17)18/h1-3H,(H,19,20,21). The minimum absolute atomic E-state index is 0.134. The van der Waals surface area contributed by atoms with Crippen LogP contribution in [0.15, 0.2) is 22.7 Å². The number of benzene rings is 1. The van der Waals surface area contributed by atoms with Crippen LogP contribution in [0, 0.1) is 0 Å². The molecule has 1 heterocycles. The van der Waals surface area contributed by atoms with Crippen LogP contribution in [0.25, 0.3) is 0 Å². The van der Waals surface area contributed by atoms with Gasteiger partial charge in [0, 0.05) is 10.5 Å². The van der Waals surface area contributed by atoms with Crippen LogP contribution in [0.1, 0.15) is 5.82 Å². The highest BCUT2D eigenvalue weighted by Gasteiger charge is 2.35. The van der Waals surface area contributed by atoms with E-state index in [1.165, 1.54) is 6.07 Å². The fraction of sp³-hybridized carbons (Fsp3) is 0.0909. The molecule has 10 heteroatoms. The summed E-state index contributed by atoms with van der Waals surface area (Å²) in [6.07, 6.45) is -4.71. The second kappa shape index (κ2) is 6.16. The lowest BCUT2D eigenvalue weighted by Gasteiger charge is -2.12. The number of anilines is 2. The van der Waals surface area contributed by atoms with E-state index < -0.39 is 12.0 Å². The first-order chi connectivity index (χ1) is 9.68. The van der Waals surface area contributed by atoms with Crippen molar-refractivity contribution < 1.29 is 13.2 Å². The lowest BCUT2D eigenvalue weighted by Crippen LogP contribution is -2.12. The molecule has 0 fully saturated rings. The van der Waals surface area contributed by atoms with Gasteiger partial charge >= 0.3 is 6.18 Å². The molecular weight excluding hydrogens is 417 g/mol. The molecule has 0 aliphatic rings. The van der Waals surface area contributed by atoms with E-state index in [9.17, 15) is 13.2 Å². The van der Waals surface area contributed by atoms with E-state index in [1.807, 2.05) is 0 Å². The first kappa shape index (κ1) is 16.6. The predicted molar refractivity (Wildman–Crippen MR) is 79.5 cm³/mol. The van der Waals surface area contributed by atoms with Crippen LogP contribution in [0.4, 0.5) is 24.7 Å². The van der Waals surface area contributed by atoms with Gasteiger partial charge in [-0.1, -0.05) is 34.8 Å². The van der Waals surface area contributed by atoms with Crippen LogP contribution in [0.3, 0.4) is 0 Å². The molecule has 2 rings (SSSR count). The van der Waals surface area contributed by atoms with Crippen molar-refractivity contribution in [1.29, 1.82) is 0 Å². The molecule has 0 saturated carbocycles. The smallest absolute Gasteiger partial charge is 0.339 e. The first-order valence-electron chi connectivity index (χ1n) is 5.21. The predicted octanol–water partition coefficient (Wildman–Crippen LogP) is 5.96. The van der Waals surface area contributed by atoms with E-state index >= 15 is 0 Å². The molecule has 0 saturated heterocycles. The van der Waals surface area contributed by atoms with Crippen LogP contribution >= 0.6 is 50.7 Å². The Morgan fingerprint density at radius 2 is 1.71 bits per heavy atom. The third kappa shape index (κ3) is 3.91. The quantitative estimate of drug-likeness (QED) is 0.480. The minimum atomic E-state index is -4.71. The molecule has 1 aromatic carbocycles. The van der Waals surface area contributed by atoms with Gasteiger partial charge in [0.2, 0.25) is 5.82 Å². The number of alkyl halides is 3. The van der Waals surface area contributed by atoms with Gasteiger partial charge in [-0.2, -0.15) is 13.2 Å². The van der Waals surface area contributed by atoms with E-state index in [0.29, 0.717) is 4.47 Å². The third-order valence-corrected chi connectivity index (χ3v) is 4.21. The SMILES string of the molecule is FC(F)(F)c1nc(Cl)cc(Nc2ccc(Br)c(Cl)c2Cl)n1. The normalized spacial score (nSPS) is 11.6. The number of halogens is 7. The molecule has 0 bridgehead atoms. The van der Waals surface area contributed by atoms with Crippen molar-refractivity contribution in [2.75, 3.05) is 5.32 Å². The Morgan fingerprint density at radius 1 is 1.05 bits per heavy atom. The van der Waals surface area contributed by atoms with Crippen molar-refractivity contribution in [3.63, 3.8) is 0 Å². The van der Waals surface area contributed by atoms with Crippen LogP contribution < -0.4 is 5.32 Å². The maximum Gasteiger partial charge on any atom is 0.451 e. The summed E-state index contributed by atoms with van der Waals surface area (Å²) >= 11 is 20.7. The minimum Gasteiger partial charge on any atom is -0.339 e. The summed E-state index contributed by atoms with van der Waals surface area (Å²) in [6.45, 7) is 0. The molecule has 2 aromatic rings. The van der Waals surface area contributed by atoms with E-state index in [-0.39, 0.29) is 26.7 Å². The average molecular weight is 421 g/mol. The topological polar surface area (TPSA) is 37.8 Å². The summed E-state index contributed by atoms with van der Waals surface area (Å²) < 4.78 is 38.4. The van der Waals surface area contributed by atoms with E-state index in [2.05, 4.69) is 31.2 Å². The Kier molecular flexibility index (Phi) is 4.87. The summed E-state index contributed by atoms with van der Waals surface area (Å²) in [5.41, 5.74) is 0.285. The van der Waals surface area contributed by atoms with Gasteiger partial charge in [-0.3, -0.25) is 0 Å². The summed E-state index contributed by atoms with van der Waals surface area (Å²) in [4.78, 5) is 6.47. The van der Waals surface area contributed by atoms with Gasteiger partial charge in [-0.25, -0.2) is 9.97 Å². The summed E-state index contributed by atoms with van der Waals surface area (Å²) in [7, 11) is 0. The third-order valence-electron chi connectivity index (χ3n) is 2.25. The lowest BCUT2D eigenvalue weighted by molar-refractivity contribution is -0.144. The van der Waals surface area contributed by atoms with Gasteiger partial charge in [0.25, 0.3) is 0 Å². The number of rotatable bonds is 2. The van der Waals surface area contributed by atoms with Gasteiger partial charge in [0.1, 0.15) is 11.0 Å². The highest BCUT2D eigenvalue weighted by molar-refractivity contribution is 9.10. The first-order valence-corrected chi connectivity index (χ1v) is 7.13. The Bertz CT molecular complexity index is 694. The van der Waals surface area contributed by atoms with Crippen molar-refractivity contribution in [2.24, 2.45) is 0 Å². The number of nitrogens with zero attached hydrogens (tertiary/aromatic N) is 2. The number of nitrogens with one attached hydrogen (secondary N) is 1. The summed E-state index contributed by atoms with van der Waals surface area (Å²) in [6, 6.07) is 4.26. The van der Waals surface area contributed by atoms with Crippen molar-refractivity contribution >= 4 is 62.2 Å².